The number of urea groups is 1. The molecule has 7 heteroatoms. The first-order chi connectivity index (χ1) is 13.2. The molecule has 4 aromatic rings. The molecule has 136 valence electrons. The lowest BCUT2D eigenvalue weighted by Crippen LogP contribution is -2.31. The Bertz CT molecular complexity index is 1020. The number of amides is 2. The molecule has 4 rings (SSSR count). The van der Waals surface area contributed by atoms with Gasteiger partial charge in [-0.05, 0) is 17.7 Å². The van der Waals surface area contributed by atoms with E-state index in [0.29, 0.717) is 18.9 Å². The highest BCUT2D eigenvalue weighted by Gasteiger charge is 2.13. The second kappa shape index (κ2) is 7.59. The van der Waals surface area contributed by atoms with Crippen LogP contribution in [0.15, 0.2) is 66.9 Å². The van der Waals surface area contributed by atoms with Gasteiger partial charge in [-0.15, -0.1) is 11.3 Å². The molecule has 0 aliphatic rings. The van der Waals surface area contributed by atoms with Crippen LogP contribution < -0.4 is 5.32 Å². The Balaban J connectivity index is 1.37. The zero-order valence-electron chi connectivity index (χ0n) is 14.9. The van der Waals surface area contributed by atoms with Crippen LogP contribution in [0.2, 0.25) is 0 Å². The van der Waals surface area contributed by atoms with Crippen molar-refractivity contribution in [2.75, 3.05) is 12.4 Å². The maximum Gasteiger partial charge on any atom is 0.323 e. The van der Waals surface area contributed by atoms with E-state index in [9.17, 15) is 4.79 Å². The summed E-state index contributed by atoms with van der Waals surface area (Å²) in [4.78, 5) is 18.6. The number of aromatic nitrogens is 3. The van der Waals surface area contributed by atoms with Crippen molar-refractivity contribution in [1.29, 1.82) is 0 Å². The van der Waals surface area contributed by atoms with Gasteiger partial charge < -0.3 is 4.90 Å². The monoisotopic (exact) mass is 377 g/mol. The van der Waals surface area contributed by atoms with E-state index in [0.717, 1.165) is 20.8 Å². The molecule has 0 aliphatic carbocycles. The zero-order valence-corrected chi connectivity index (χ0v) is 15.7. The van der Waals surface area contributed by atoms with Crippen molar-refractivity contribution in [2.24, 2.45) is 0 Å². The Hall–Kier alpha value is -3.19. The Morgan fingerprint density at radius 1 is 1.11 bits per heavy atom. The van der Waals surface area contributed by atoms with Crippen molar-refractivity contribution < 1.29 is 4.79 Å². The van der Waals surface area contributed by atoms with Crippen LogP contribution in [-0.2, 0) is 13.1 Å². The predicted octanol–water partition coefficient (Wildman–Crippen LogP) is 4.21. The van der Waals surface area contributed by atoms with Crippen LogP contribution in [0.25, 0.3) is 10.2 Å². The smallest absolute Gasteiger partial charge is 0.321 e. The van der Waals surface area contributed by atoms with Gasteiger partial charge in [0.05, 0.1) is 23.3 Å². The Kier molecular flexibility index (Phi) is 4.84. The molecule has 6 nitrogen and oxygen atoms in total. The van der Waals surface area contributed by atoms with E-state index in [1.54, 1.807) is 34.0 Å². The number of thiazole rings is 1. The van der Waals surface area contributed by atoms with Crippen molar-refractivity contribution in [3.05, 3.63) is 77.4 Å². The van der Waals surface area contributed by atoms with Crippen molar-refractivity contribution in [3.63, 3.8) is 0 Å². The fraction of sp³-hybridized carbons (Fsp3) is 0.150. The van der Waals surface area contributed by atoms with E-state index in [4.69, 9.17) is 0 Å². The summed E-state index contributed by atoms with van der Waals surface area (Å²) in [5.74, 6) is 0.534. The fourth-order valence-electron chi connectivity index (χ4n) is 2.75. The zero-order chi connectivity index (χ0) is 18.6. The minimum Gasteiger partial charge on any atom is -0.321 e. The highest BCUT2D eigenvalue weighted by molar-refractivity contribution is 7.18. The molecule has 2 aromatic heterocycles. The molecule has 1 N–H and O–H groups in total. The summed E-state index contributed by atoms with van der Waals surface area (Å²) in [5, 5.41) is 8.15. The summed E-state index contributed by atoms with van der Waals surface area (Å²) >= 11 is 1.60. The second-order valence-electron chi connectivity index (χ2n) is 6.25. The summed E-state index contributed by atoms with van der Waals surface area (Å²) in [6.45, 7) is 1.12. The predicted molar refractivity (Wildman–Crippen MR) is 108 cm³/mol. The molecule has 0 saturated heterocycles. The lowest BCUT2D eigenvalue weighted by atomic mass is 10.2. The van der Waals surface area contributed by atoms with Crippen LogP contribution in [-0.4, -0.2) is 32.7 Å². The third kappa shape index (κ3) is 4.15. The van der Waals surface area contributed by atoms with E-state index < -0.39 is 0 Å². The Morgan fingerprint density at radius 2 is 1.89 bits per heavy atom. The van der Waals surface area contributed by atoms with E-state index in [1.165, 1.54) is 0 Å². The first-order valence-electron chi connectivity index (χ1n) is 8.61. The average Bonchev–Trinajstić information content (AvgIpc) is 3.28. The standard InChI is InChI=1S/C20H19N5OS/c1-24(14-19-21-16-9-5-6-10-17(16)27-19)20(26)22-18-11-12-25(23-18)13-15-7-3-2-4-8-15/h2-12H,13-14H2,1H3,(H,22,23,26). The van der Waals surface area contributed by atoms with Crippen LogP contribution >= 0.6 is 11.3 Å². The largest absolute Gasteiger partial charge is 0.323 e. The van der Waals surface area contributed by atoms with Gasteiger partial charge in [0.15, 0.2) is 5.82 Å². The second-order valence-corrected chi connectivity index (χ2v) is 7.36. The molecule has 0 atom stereocenters. The normalized spacial score (nSPS) is 10.9. The molecular weight excluding hydrogens is 358 g/mol. The maximum atomic E-state index is 12.4. The number of fused-ring (bicyclic) bond motifs is 1. The van der Waals surface area contributed by atoms with E-state index >= 15 is 0 Å². The highest BCUT2D eigenvalue weighted by Crippen LogP contribution is 2.22. The molecule has 2 heterocycles. The summed E-state index contributed by atoms with van der Waals surface area (Å²) in [7, 11) is 1.75. The Morgan fingerprint density at radius 3 is 2.70 bits per heavy atom. The molecule has 0 bridgehead atoms. The number of carbonyl (C=O) groups excluding carboxylic acids is 1. The number of nitrogens with zero attached hydrogens (tertiary/aromatic N) is 4. The van der Waals surface area contributed by atoms with E-state index in [-0.39, 0.29) is 6.03 Å². The SMILES string of the molecule is CN(Cc1nc2ccccc2s1)C(=O)Nc1ccn(Cc2ccccc2)n1. The van der Waals surface area contributed by atoms with Crippen LogP contribution in [0.5, 0.6) is 0 Å². The van der Waals surface area contributed by atoms with Gasteiger partial charge >= 0.3 is 6.03 Å². The minimum atomic E-state index is -0.209. The van der Waals surface area contributed by atoms with Crippen LogP contribution in [0.1, 0.15) is 10.6 Å². The third-order valence-electron chi connectivity index (χ3n) is 4.12. The van der Waals surface area contributed by atoms with E-state index in [1.807, 2.05) is 60.8 Å². The van der Waals surface area contributed by atoms with Crippen molar-refractivity contribution in [2.45, 2.75) is 13.1 Å². The van der Waals surface area contributed by atoms with Crippen LogP contribution in [0.4, 0.5) is 10.6 Å². The van der Waals surface area contributed by atoms with Crippen molar-refractivity contribution in [3.8, 4) is 0 Å². The van der Waals surface area contributed by atoms with Crippen molar-refractivity contribution >= 4 is 33.4 Å². The van der Waals surface area contributed by atoms with Crippen LogP contribution in [0, 0.1) is 0 Å². The van der Waals surface area contributed by atoms with Gasteiger partial charge in [-0.3, -0.25) is 10.00 Å². The molecule has 0 spiro atoms. The van der Waals surface area contributed by atoms with E-state index in [2.05, 4.69) is 15.4 Å². The molecule has 0 saturated carbocycles. The number of benzene rings is 2. The molecule has 0 fully saturated rings. The molecule has 27 heavy (non-hydrogen) atoms. The first-order valence-corrected chi connectivity index (χ1v) is 9.43. The van der Waals surface area contributed by atoms with Gasteiger partial charge in [0.2, 0.25) is 0 Å². The number of hydrogen-bond donors (Lipinski definition) is 1. The maximum absolute atomic E-state index is 12.4. The fourth-order valence-corrected chi connectivity index (χ4v) is 3.78. The van der Waals surface area contributed by atoms with Gasteiger partial charge in [-0.1, -0.05) is 42.5 Å². The third-order valence-corrected chi connectivity index (χ3v) is 5.14. The summed E-state index contributed by atoms with van der Waals surface area (Å²) < 4.78 is 2.93. The van der Waals surface area contributed by atoms with Gasteiger partial charge in [-0.2, -0.15) is 5.10 Å². The molecule has 0 aliphatic heterocycles. The number of nitrogens with one attached hydrogen (secondary N) is 1. The topological polar surface area (TPSA) is 63.1 Å². The molecule has 2 amide bonds. The molecule has 0 unspecified atom stereocenters. The number of para-hydroxylation sites is 1. The van der Waals surface area contributed by atoms with Crippen molar-refractivity contribution in [1.82, 2.24) is 19.7 Å². The van der Waals surface area contributed by atoms with Gasteiger partial charge in [0.1, 0.15) is 5.01 Å². The van der Waals surface area contributed by atoms with Gasteiger partial charge in [0, 0.05) is 19.3 Å². The molecule has 0 radical (unpaired) electrons. The molecular formula is C20H19N5OS. The highest BCUT2D eigenvalue weighted by atomic mass is 32.1. The summed E-state index contributed by atoms with van der Waals surface area (Å²) in [6, 6.07) is 19.6. The lowest BCUT2D eigenvalue weighted by Gasteiger charge is -2.15. The number of carbonyl (C=O) groups is 1. The quantitative estimate of drug-likeness (QED) is 0.567. The number of anilines is 1. The number of rotatable bonds is 5. The summed E-state index contributed by atoms with van der Waals surface area (Å²) in [6.07, 6.45) is 1.86. The van der Waals surface area contributed by atoms with Gasteiger partial charge in [0.25, 0.3) is 0 Å². The first kappa shape index (κ1) is 17.2. The van der Waals surface area contributed by atoms with Crippen LogP contribution in [0.3, 0.4) is 0 Å². The minimum absolute atomic E-state index is 0.209. The lowest BCUT2D eigenvalue weighted by molar-refractivity contribution is 0.220. The number of hydrogen-bond acceptors (Lipinski definition) is 4. The Labute approximate surface area is 161 Å². The molecule has 2 aromatic carbocycles. The van der Waals surface area contributed by atoms with Gasteiger partial charge in [-0.25, -0.2) is 9.78 Å². The summed E-state index contributed by atoms with van der Waals surface area (Å²) in [5.41, 5.74) is 2.12. The average molecular weight is 377 g/mol.